The average Bonchev–Trinajstić information content (AvgIpc) is 2.97. The molecular weight excluding hydrogens is 290 g/mol. The number of benzene rings is 1. The average molecular weight is 305 g/mol. The third kappa shape index (κ3) is 3.84. The number of H-pyrrole nitrogens is 1. The van der Waals surface area contributed by atoms with Crippen LogP contribution in [0.2, 0.25) is 0 Å². The molecule has 0 aliphatic carbocycles. The van der Waals surface area contributed by atoms with Gasteiger partial charge in [0.15, 0.2) is 5.03 Å². The van der Waals surface area contributed by atoms with Crippen molar-refractivity contribution in [1.29, 1.82) is 0 Å². The van der Waals surface area contributed by atoms with Gasteiger partial charge in [0.25, 0.3) is 10.0 Å². The van der Waals surface area contributed by atoms with Gasteiger partial charge in [-0.05, 0) is 30.7 Å². The molecule has 1 heterocycles. The van der Waals surface area contributed by atoms with Gasteiger partial charge >= 0.3 is 0 Å². The Morgan fingerprint density at radius 3 is 2.86 bits per heavy atom. The summed E-state index contributed by atoms with van der Waals surface area (Å²) in [4.78, 5) is 6.25. The highest BCUT2D eigenvalue weighted by Crippen LogP contribution is 2.19. The van der Waals surface area contributed by atoms with Gasteiger partial charge in [0.1, 0.15) is 0 Å². The van der Waals surface area contributed by atoms with Gasteiger partial charge < -0.3 is 10.1 Å². The second-order valence-corrected chi connectivity index (χ2v) is 5.98. The highest BCUT2D eigenvalue weighted by Gasteiger charge is 2.16. The van der Waals surface area contributed by atoms with Gasteiger partial charge in [0.2, 0.25) is 0 Å². The van der Waals surface area contributed by atoms with E-state index >= 15 is 0 Å². The summed E-state index contributed by atoms with van der Waals surface area (Å²) in [6.45, 7) is 1.82. The van der Waals surface area contributed by atoms with E-state index in [9.17, 15) is 8.42 Å². The Labute approximate surface area is 123 Å². The standard InChI is InChI=1S/C14H15N3O3S/c1-11-8-12(4-2-3-7-18)5-6-13(11)17-21(19,20)14-9-15-10-16-14/h5-6,8-10,17-18H,3,7H2,1H3,(H,15,16). The fraction of sp³-hybridized carbons (Fsp3) is 0.214. The Balaban J connectivity index is 2.21. The van der Waals surface area contributed by atoms with E-state index in [0.717, 1.165) is 11.1 Å². The highest BCUT2D eigenvalue weighted by molar-refractivity contribution is 7.92. The van der Waals surface area contributed by atoms with E-state index in [4.69, 9.17) is 5.11 Å². The van der Waals surface area contributed by atoms with Crippen molar-refractivity contribution < 1.29 is 13.5 Å². The van der Waals surface area contributed by atoms with Gasteiger partial charge in [-0.2, -0.15) is 8.42 Å². The Bertz CT molecular complexity index is 772. The van der Waals surface area contributed by atoms with Crippen molar-refractivity contribution in [3.63, 3.8) is 0 Å². The fourth-order valence-corrected chi connectivity index (χ4v) is 2.70. The number of hydrogen-bond donors (Lipinski definition) is 3. The van der Waals surface area contributed by atoms with Crippen LogP contribution in [-0.4, -0.2) is 30.1 Å². The molecule has 0 amide bonds. The SMILES string of the molecule is Cc1cc(C#CCCO)ccc1NS(=O)(=O)c1cnc[nH]1. The van der Waals surface area contributed by atoms with Crippen LogP contribution in [0.4, 0.5) is 5.69 Å². The zero-order valence-electron chi connectivity index (χ0n) is 11.4. The van der Waals surface area contributed by atoms with Gasteiger partial charge in [0, 0.05) is 12.0 Å². The van der Waals surface area contributed by atoms with E-state index in [1.54, 1.807) is 25.1 Å². The smallest absolute Gasteiger partial charge is 0.278 e. The van der Waals surface area contributed by atoms with Crippen LogP contribution in [0.3, 0.4) is 0 Å². The maximum atomic E-state index is 12.1. The number of hydrogen-bond acceptors (Lipinski definition) is 4. The molecule has 3 N–H and O–H groups in total. The largest absolute Gasteiger partial charge is 0.395 e. The minimum Gasteiger partial charge on any atom is -0.395 e. The lowest BCUT2D eigenvalue weighted by Gasteiger charge is -2.09. The summed E-state index contributed by atoms with van der Waals surface area (Å²) in [5.41, 5.74) is 2.01. The molecule has 2 aromatic rings. The molecule has 0 aliphatic rings. The number of nitrogens with one attached hydrogen (secondary N) is 2. The molecule has 21 heavy (non-hydrogen) atoms. The van der Waals surface area contributed by atoms with E-state index < -0.39 is 10.0 Å². The summed E-state index contributed by atoms with van der Waals surface area (Å²) < 4.78 is 26.6. The first kappa shape index (κ1) is 15.1. The first-order valence-electron chi connectivity index (χ1n) is 6.24. The van der Waals surface area contributed by atoms with E-state index in [1.165, 1.54) is 12.5 Å². The topological polar surface area (TPSA) is 95.1 Å². The summed E-state index contributed by atoms with van der Waals surface area (Å²) in [5.74, 6) is 5.72. The summed E-state index contributed by atoms with van der Waals surface area (Å²) in [6, 6.07) is 5.17. The van der Waals surface area contributed by atoms with Crippen molar-refractivity contribution in [3.8, 4) is 11.8 Å². The van der Waals surface area contributed by atoms with Crippen LogP contribution in [0, 0.1) is 18.8 Å². The van der Waals surface area contributed by atoms with Crippen LogP contribution >= 0.6 is 0 Å². The number of aliphatic hydroxyl groups excluding tert-OH is 1. The molecule has 0 unspecified atom stereocenters. The first-order chi connectivity index (χ1) is 10.0. The molecule has 2 rings (SSSR count). The third-order valence-corrected chi connectivity index (χ3v) is 3.99. The first-order valence-corrected chi connectivity index (χ1v) is 7.73. The molecule has 1 aromatic heterocycles. The van der Waals surface area contributed by atoms with Gasteiger partial charge in [-0.15, -0.1) is 0 Å². The van der Waals surface area contributed by atoms with Crippen molar-refractivity contribution in [1.82, 2.24) is 9.97 Å². The Morgan fingerprint density at radius 2 is 2.24 bits per heavy atom. The van der Waals surface area contributed by atoms with Crippen molar-refractivity contribution >= 4 is 15.7 Å². The predicted molar refractivity (Wildman–Crippen MR) is 79.2 cm³/mol. The van der Waals surface area contributed by atoms with Crippen LogP contribution in [-0.2, 0) is 10.0 Å². The molecule has 0 spiro atoms. The van der Waals surface area contributed by atoms with Crippen molar-refractivity contribution in [3.05, 3.63) is 41.9 Å². The fourth-order valence-electron chi connectivity index (χ4n) is 1.67. The molecule has 7 heteroatoms. The van der Waals surface area contributed by atoms with Crippen molar-refractivity contribution in [2.45, 2.75) is 18.4 Å². The number of aromatic nitrogens is 2. The number of aryl methyl sites for hydroxylation is 1. The van der Waals surface area contributed by atoms with Crippen LogP contribution in [0.5, 0.6) is 0 Å². The normalized spacial score (nSPS) is 10.8. The molecule has 1 aromatic carbocycles. The lowest BCUT2D eigenvalue weighted by Crippen LogP contribution is -2.14. The number of anilines is 1. The molecule has 110 valence electrons. The van der Waals surface area contributed by atoms with Crippen LogP contribution in [0.15, 0.2) is 35.7 Å². The molecule has 0 fully saturated rings. The predicted octanol–water partition coefficient (Wildman–Crippen LogP) is 1.25. The van der Waals surface area contributed by atoms with Crippen LogP contribution in [0.1, 0.15) is 17.5 Å². The van der Waals surface area contributed by atoms with E-state index in [1.807, 2.05) is 0 Å². The molecule has 0 radical (unpaired) electrons. The number of aliphatic hydroxyl groups is 1. The molecule has 0 saturated heterocycles. The van der Waals surface area contributed by atoms with Gasteiger partial charge in [0.05, 0.1) is 24.8 Å². The quantitative estimate of drug-likeness (QED) is 0.741. The second kappa shape index (κ2) is 6.43. The lowest BCUT2D eigenvalue weighted by molar-refractivity contribution is 0.305. The van der Waals surface area contributed by atoms with Crippen molar-refractivity contribution in [2.75, 3.05) is 11.3 Å². The maximum Gasteiger partial charge on any atom is 0.278 e. The summed E-state index contributed by atoms with van der Waals surface area (Å²) in [5, 5.41) is 8.68. The molecule has 6 nitrogen and oxygen atoms in total. The number of sulfonamides is 1. The number of aromatic amines is 1. The number of imidazole rings is 1. The Hall–Kier alpha value is -2.30. The lowest BCUT2D eigenvalue weighted by atomic mass is 10.1. The monoisotopic (exact) mass is 305 g/mol. The molecular formula is C14H15N3O3S. The van der Waals surface area contributed by atoms with Gasteiger partial charge in [-0.1, -0.05) is 11.8 Å². The Morgan fingerprint density at radius 1 is 1.43 bits per heavy atom. The molecule has 0 atom stereocenters. The highest BCUT2D eigenvalue weighted by atomic mass is 32.2. The van der Waals surface area contributed by atoms with Crippen LogP contribution in [0.25, 0.3) is 0 Å². The summed E-state index contributed by atoms with van der Waals surface area (Å²) >= 11 is 0. The van der Waals surface area contributed by atoms with Gasteiger partial charge in [-0.3, -0.25) is 4.72 Å². The van der Waals surface area contributed by atoms with Crippen molar-refractivity contribution in [2.24, 2.45) is 0 Å². The second-order valence-electron chi connectivity index (χ2n) is 4.33. The van der Waals surface area contributed by atoms with E-state index in [2.05, 4.69) is 26.5 Å². The van der Waals surface area contributed by atoms with E-state index in [0.29, 0.717) is 12.1 Å². The third-order valence-electron chi connectivity index (χ3n) is 2.70. The summed E-state index contributed by atoms with van der Waals surface area (Å²) in [7, 11) is -3.66. The number of nitrogens with zero attached hydrogens (tertiary/aromatic N) is 1. The Kier molecular flexibility index (Phi) is 4.62. The molecule has 0 saturated carbocycles. The molecule has 0 bridgehead atoms. The number of rotatable bonds is 4. The minimum atomic E-state index is -3.66. The summed E-state index contributed by atoms with van der Waals surface area (Å²) in [6.07, 6.45) is 2.96. The zero-order chi connectivity index (χ0) is 15.3. The van der Waals surface area contributed by atoms with Gasteiger partial charge in [-0.25, -0.2) is 4.98 Å². The molecule has 0 aliphatic heterocycles. The maximum absolute atomic E-state index is 12.1. The van der Waals surface area contributed by atoms with Crippen LogP contribution < -0.4 is 4.72 Å². The van der Waals surface area contributed by atoms with E-state index in [-0.39, 0.29) is 11.6 Å². The zero-order valence-corrected chi connectivity index (χ0v) is 12.2. The minimum absolute atomic E-state index is 0.00807.